The van der Waals surface area contributed by atoms with Crippen LogP contribution in [0.25, 0.3) is 10.9 Å². The van der Waals surface area contributed by atoms with E-state index in [4.69, 9.17) is 5.73 Å². The highest BCUT2D eigenvalue weighted by Gasteiger charge is 2.42. The molecule has 2 N–H and O–H groups in total. The molecule has 0 amide bonds. The van der Waals surface area contributed by atoms with Gasteiger partial charge in [0.05, 0.1) is 16.7 Å². The Kier molecular flexibility index (Phi) is 2.06. The zero-order valence-electron chi connectivity index (χ0n) is 9.00. The molecule has 2 aromatic rings. The van der Waals surface area contributed by atoms with E-state index in [0.29, 0.717) is 0 Å². The first kappa shape index (κ1) is 10.2. The maximum Gasteiger partial charge on any atom is 0.126 e. The van der Waals surface area contributed by atoms with Crippen LogP contribution in [-0.2, 0) is 5.54 Å². The van der Waals surface area contributed by atoms with Crippen molar-refractivity contribution in [2.75, 3.05) is 0 Å². The Balaban J connectivity index is 2.35. The monoisotopic (exact) mass is 277 g/mol. The predicted octanol–water partition coefficient (Wildman–Crippen LogP) is 2.65. The Hall–Kier alpha value is -1.00. The van der Waals surface area contributed by atoms with Gasteiger partial charge in [-0.05, 0) is 38.0 Å². The summed E-state index contributed by atoms with van der Waals surface area (Å²) in [7, 11) is 0. The van der Waals surface area contributed by atoms with Crippen LogP contribution in [0, 0.1) is 6.92 Å². The summed E-state index contributed by atoms with van der Waals surface area (Å²) in [4.78, 5) is 8.96. The van der Waals surface area contributed by atoms with Crippen LogP contribution in [0.2, 0.25) is 0 Å². The topological polar surface area (TPSA) is 51.8 Å². The number of aromatic nitrogens is 2. The molecule has 1 fully saturated rings. The van der Waals surface area contributed by atoms with Crippen molar-refractivity contribution >= 4 is 26.8 Å². The highest BCUT2D eigenvalue weighted by Crippen LogP contribution is 2.44. The number of aryl methyl sites for hydroxylation is 1. The molecule has 1 heterocycles. The van der Waals surface area contributed by atoms with Crippen LogP contribution in [0.5, 0.6) is 0 Å². The fraction of sp³-hybridized carbons (Fsp3) is 0.333. The SMILES string of the molecule is Cc1nc(C2(N)CC2)c2ccc(Br)cc2n1. The Morgan fingerprint density at radius 2 is 2.06 bits per heavy atom. The summed E-state index contributed by atoms with van der Waals surface area (Å²) in [6, 6.07) is 6.07. The number of hydrogen-bond donors (Lipinski definition) is 1. The van der Waals surface area contributed by atoms with Crippen molar-refractivity contribution in [2.45, 2.75) is 25.3 Å². The quantitative estimate of drug-likeness (QED) is 0.872. The minimum absolute atomic E-state index is 0.209. The van der Waals surface area contributed by atoms with E-state index in [2.05, 4.69) is 25.9 Å². The van der Waals surface area contributed by atoms with Crippen LogP contribution in [0.4, 0.5) is 0 Å². The molecule has 0 spiro atoms. The van der Waals surface area contributed by atoms with Crippen molar-refractivity contribution in [2.24, 2.45) is 5.73 Å². The summed E-state index contributed by atoms with van der Waals surface area (Å²) in [5, 5.41) is 1.08. The second-order valence-electron chi connectivity index (χ2n) is 4.44. The van der Waals surface area contributed by atoms with Gasteiger partial charge in [-0.3, -0.25) is 0 Å². The van der Waals surface area contributed by atoms with Gasteiger partial charge in [0.15, 0.2) is 0 Å². The van der Waals surface area contributed by atoms with Crippen LogP contribution in [0.1, 0.15) is 24.4 Å². The predicted molar refractivity (Wildman–Crippen MR) is 67.1 cm³/mol. The van der Waals surface area contributed by atoms with Crippen molar-refractivity contribution in [1.82, 2.24) is 9.97 Å². The fourth-order valence-corrected chi connectivity index (χ4v) is 2.32. The first-order chi connectivity index (χ1) is 7.58. The molecule has 82 valence electrons. The highest BCUT2D eigenvalue weighted by molar-refractivity contribution is 9.10. The van der Waals surface area contributed by atoms with Gasteiger partial charge >= 0.3 is 0 Å². The van der Waals surface area contributed by atoms with Crippen molar-refractivity contribution in [3.63, 3.8) is 0 Å². The molecule has 16 heavy (non-hydrogen) atoms. The minimum Gasteiger partial charge on any atom is -0.320 e. The number of hydrogen-bond acceptors (Lipinski definition) is 3. The largest absolute Gasteiger partial charge is 0.320 e. The molecule has 3 nitrogen and oxygen atoms in total. The molecule has 1 aromatic carbocycles. The van der Waals surface area contributed by atoms with Crippen molar-refractivity contribution in [1.29, 1.82) is 0 Å². The molecule has 0 bridgehead atoms. The molecule has 4 heteroatoms. The van der Waals surface area contributed by atoms with Gasteiger partial charge in [0.2, 0.25) is 0 Å². The lowest BCUT2D eigenvalue weighted by atomic mass is 10.1. The molecule has 0 saturated heterocycles. The van der Waals surface area contributed by atoms with E-state index in [1.165, 1.54) is 0 Å². The van der Waals surface area contributed by atoms with Crippen molar-refractivity contribution in [3.05, 3.63) is 34.2 Å². The van der Waals surface area contributed by atoms with Crippen LogP contribution in [0.3, 0.4) is 0 Å². The maximum atomic E-state index is 6.24. The smallest absolute Gasteiger partial charge is 0.126 e. The summed E-state index contributed by atoms with van der Waals surface area (Å²) in [5.74, 6) is 0.789. The normalized spacial score (nSPS) is 17.7. The fourth-order valence-electron chi connectivity index (χ4n) is 1.97. The van der Waals surface area contributed by atoms with E-state index in [1.807, 2.05) is 25.1 Å². The maximum absolute atomic E-state index is 6.24. The molecule has 0 unspecified atom stereocenters. The summed E-state index contributed by atoms with van der Waals surface area (Å²) in [6.45, 7) is 1.91. The lowest BCUT2D eigenvalue weighted by molar-refractivity contribution is 0.708. The van der Waals surface area contributed by atoms with Crippen LogP contribution < -0.4 is 5.73 Å². The van der Waals surface area contributed by atoms with Crippen molar-refractivity contribution in [3.8, 4) is 0 Å². The van der Waals surface area contributed by atoms with Gasteiger partial charge < -0.3 is 5.73 Å². The van der Waals surface area contributed by atoms with Crippen LogP contribution >= 0.6 is 15.9 Å². The number of fused-ring (bicyclic) bond motifs is 1. The third-order valence-electron chi connectivity index (χ3n) is 3.03. The third kappa shape index (κ3) is 1.53. The number of nitrogens with zero attached hydrogens (tertiary/aromatic N) is 2. The first-order valence-electron chi connectivity index (χ1n) is 5.32. The number of benzene rings is 1. The lowest BCUT2D eigenvalue weighted by Gasteiger charge is -2.12. The zero-order valence-corrected chi connectivity index (χ0v) is 10.6. The third-order valence-corrected chi connectivity index (χ3v) is 3.52. The van der Waals surface area contributed by atoms with Gasteiger partial charge in [-0.1, -0.05) is 15.9 Å². The van der Waals surface area contributed by atoms with Gasteiger partial charge in [-0.15, -0.1) is 0 Å². The highest BCUT2D eigenvalue weighted by atomic mass is 79.9. The first-order valence-corrected chi connectivity index (χ1v) is 6.11. The van der Waals surface area contributed by atoms with E-state index in [-0.39, 0.29) is 5.54 Å². The van der Waals surface area contributed by atoms with Gasteiger partial charge in [0, 0.05) is 9.86 Å². The van der Waals surface area contributed by atoms with E-state index in [9.17, 15) is 0 Å². The summed E-state index contributed by atoms with van der Waals surface area (Å²) in [6.07, 6.45) is 2.04. The molecule has 0 radical (unpaired) electrons. The number of rotatable bonds is 1. The van der Waals surface area contributed by atoms with Gasteiger partial charge in [-0.2, -0.15) is 0 Å². The second-order valence-corrected chi connectivity index (χ2v) is 5.35. The summed E-state index contributed by atoms with van der Waals surface area (Å²) in [5.41, 5.74) is 8.00. The molecule has 1 aliphatic rings. The molecule has 1 saturated carbocycles. The van der Waals surface area contributed by atoms with E-state index < -0.39 is 0 Å². The average molecular weight is 278 g/mol. The van der Waals surface area contributed by atoms with Gasteiger partial charge in [0.25, 0.3) is 0 Å². The Bertz CT molecular complexity index is 570. The molecule has 0 atom stereocenters. The Morgan fingerprint density at radius 3 is 2.75 bits per heavy atom. The Morgan fingerprint density at radius 1 is 1.31 bits per heavy atom. The second kappa shape index (κ2) is 3.25. The average Bonchev–Trinajstić information content (AvgIpc) is 2.96. The Labute approximate surface area is 102 Å². The van der Waals surface area contributed by atoms with Gasteiger partial charge in [0.1, 0.15) is 5.82 Å². The van der Waals surface area contributed by atoms with Crippen LogP contribution in [0.15, 0.2) is 22.7 Å². The molecule has 0 aliphatic heterocycles. The molecular weight excluding hydrogens is 266 g/mol. The van der Waals surface area contributed by atoms with Gasteiger partial charge in [-0.25, -0.2) is 9.97 Å². The van der Waals surface area contributed by atoms with E-state index in [0.717, 1.165) is 39.7 Å². The standard InChI is InChI=1S/C12H12BrN3/c1-7-15-10-6-8(13)2-3-9(10)11(16-7)12(14)4-5-12/h2-3,6H,4-5,14H2,1H3. The molecule has 1 aromatic heterocycles. The van der Waals surface area contributed by atoms with E-state index >= 15 is 0 Å². The number of halogens is 1. The summed E-state index contributed by atoms with van der Waals surface area (Å²) >= 11 is 3.46. The minimum atomic E-state index is -0.209. The molecule has 3 rings (SSSR count). The lowest BCUT2D eigenvalue weighted by Crippen LogP contribution is -2.21. The zero-order chi connectivity index (χ0) is 11.3. The van der Waals surface area contributed by atoms with Crippen LogP contribution in [-0.4, -0.2) is 9.97 Å². The number of nitrogens with two attached hydrogens (primary N) is 1. The molecular formula is C12H12BrN3. The van der Waals surface area contributed by atoms with Crippen molar-refractivity contribution < 1.29 is 0 Å². The summed E-state index contributed by atoms with van der Waals surface area (Å²) < 4.78 is 1.03. The van der Waals surface area contributed by atoms with E-state index in [1.54, 1.807) is 0 Å². The molecule has 1 aliphatic carbocycles.